The molecule has 0 saturated carbocycles. The number of thiophene rings is 1. The molecule has 2 rings (SSSR count). The summed E-state index contributed by atoms with van der Waals surface area (Å²) >= 11 is 1.72. The van der Waals surface area contributed by atoms with E-state index in [0.717, 1.165) is 6.42 Å². The molecule has 0 aliphatic carbocycles. The van der Waals surface area contributed by atoms with Crippen molar-refractivity contribution >= 4 is 23.3 Å². The molecule has 2 unspecified atom stereocenters. The highest BCUT2D eigenvalue weighted by atomic mass is 32.1. The lowest BCUT2D eigenvalue weighted by Gasteiger charge is -2.31. The molecule has 0 spiro atoms. The molecule has 2 amide bonds. The fourth-order valence-corrected chi connectivity index (χ4v) is 3.25. The monoisotopic (exact) mass is 312 g/mol. The third-order valence-corrected chi connectivity index (χ3v) is 4.33. The van der Waals surface area contributed by atoms with Gasteiger partial charge in [-0.15, -0.1) is 11.3 Å². The number of urea groups is 1. The predicted octanol–water partition coefficient (Wildman–Crippen LogP) is 1.48. The molecule has 1 aromatic rings. The molecule has 1 aliphatic rings. The normalized spacial score (nSPS) is 20.1. The summed E-state index contributed by atoms with van der Waals surface area (Å²) in [5.41, 5.74) is 0. The number of amides is 2. The largest absolute Gasteiger partial charge is 0.479 e. The van der Waals surface area contributed by atoms with Crippen LogP contribution in [0.3, 0.4) is 0 Å². The van der Waals surface area contributed by atoms with Gasteiger partial charge in [-0.3, -0.25) is 0 Å². The highest BCUT2D eigenvalue weighted by Crippen LogP contribution is 2.17. The maximum atomic E-state index is 12.1. The molecule has 1 saturated heterocycles. The maximum Gasteiger partial charge on any atom is 0.334 e. The van der Waals surface area contributed by atoms with Gasteiger partial charge in [-0.05, 0) is 26.0 Å². The Morgan fingerprint density at radius 3 is 2.95 bits per heavy atom. The second-order valence-electron chi connectivity index (χ2n) is 5.21. The molecular weight excluding hydrogens is 292 g/mol. The minimum absolute atomic E-state index is 0.00155. The molecule has 0 bridgehead atoms. The van der Waals surface area contributed by atoms with E-state index in [-0.39, 0.29) is 25.2 Å². The van der Waals surface area contributed by atoms with Crippen molar-refractivity contribution < 1.29 is 19.4 Å². The van der Waals surface area contributed by atoms with Crippen molar-refractivity contribution in [2.24, 2.45) is 0 Å². The first-order chi connectivity index (χ1) is 9.95. The van der Waals surface area contributed by atoms with Gasteiger partial charge in [-0.2, -0.15) is 0 Å². The third-order valence-electron chi connectivity index (χ3n) is 3.30. The molecule has 1 aromatic heterocycles. The lowest BCUT2D eigenvalue weighted by atomic mass is 10.2. The van der Waals surface area contributed by atoms with Crippen molar-refractivity contribution in [3.8, 4) is 0 Å². The molecule has 1 aliphatic heterocycles. The minimum atomic E-state index is -1.03. The number of rotatable bonds is 4. The number of carboxylic acid groups (broad SMARTS) is 1. The van der Waals surface area contributed by atoms with E-state index >= 15 is 0 Å². The number of hydrogen-bond acceptors (Lipinski definition) is 4. The van der Waals surface area contributed by atoms with Gasteiger partial charge in [0.25, 0.3) is 0 Å². The van der Waals surface area contributed by atoms with Crippen LogP contribution in [0, 0.1) is 6.92 Å². The molecular formula is C14H20N2O4S. The molecule has 2 N–H and O–H groups in total. The number of carbonyl (C=O) groups excluding carboxylic acids is 1. The van der Waals surface area contributed by atoms with Gasteiger partial charge in [0, 0.05) is 28.8 Å². The summed E-state index contributed by atoms with van der Waals surface area (Å²) < 4.78 is 5.10. The van der Waals surface area contributed by atoms with Crippen molar-refractivity contribution in [2.75, 3.05) is 19.7 Å². The number of morpholine rings is 1. The van der Waals surface area contributed by atoms with E-state index in [2.05, 4.69) is 24.4 Å². The Kier molecular flexibility index (Phi) is 5.19. The van der Waals surface area contributed by atoms with Gasteiger partial charge in [0.2, 0.25) is 0 Å². The minimum Gasteiger partial charge on any atom is -0.479 e. The van der Waals surface area contributed by atoms with Gasteiger partial charge < -0.3 is 20.1 Å². The lowest BCUT2D eigenvalue weighted by molar-refractivity contribution is -0.154. The number of aliphatic carboxylic acids is 1. The number of ether oxygens (including phenoxy) is 1. The highest BCUT2D eigenvalue weighted by molar-refractivity contribution is 7.11. The van der Waals surface area contributed by atoms with Crippen LogP contribution in [-0.2, 0) is 16.0 Å². The zero-order chi connectivity index (χ0) is 15.4. The van der Waals surface area contributed by atoms with Crippen LogP contribution in [-0.4, -0.2) is 53.8 Å². The molecule has 7 heteroatoms. The smallest absolute Gasteiger partial charge is 0.334 e. The number of nitrogens with zero attached hydrogens (tertiary/aromatic N) is 1. The average Bonchev–Trinajstić information content (AvgIpc) is 2.83. The van der Waals surface area contributed by atoms with Crippen molar-refractivity contribution in [3.63, 3.8) is 0 Å². The number of carbonyl (C=O) groups is 2. The Morgan fingerprint density at radius 2 is 2.33 bits per heavy atom. The molecule has 0 aromatic carbocycles. The van der Waals surface area contributed by atoms with Crippen LogP contribution >= 0.6 is 11.3 Å². The number of nitrogens with one attached hydrogen (secondary N) is 1. The summed E-state index contributed by atoms with van der Waals surface area (Å²) in [6.07, 6.45) is -0.156. The Bertz CT molecular complexity index is 517. The Hall–Kier alpha value is -1.60. The van der Waals surface area contributed by atoms with Crippen molar-refractivity contribution in [1.29, 1.82) is 0 Å². The summed E-state index contributed by atoms with van der Waals surface area (Å²) in [4.78, 5) is 27.0. The van der Waals surface area contributed by atoms with E-state index in [0.29, 0.717) is 6.54 Å². The van der Waals surface area contributed by atoms with E-state index in [1.165, 1.54) is 14.7 Å². The standard InChI is InChI=1S/C14H20N2O4S/c1-9(7-11-4-3-10(2)21-11)15-14(19)16-5-6-20-12(8-16)13(17)18/h3-4,9,12H,5-8H2,1-2H3,(H,15,19)(H,17,18). The van der Waals surface area contributed by atoms with Crippen LogP contribution in [0.15, 0.2) is 12.1 Å². The van der Waals surface area contributed by atoms with Gasteiger partial charge in [-0.1, -0.05) is 0 Å². The van der Waals surface area contributed by atoms with Crippen LogP contribution in [0.5, 0.6) is 0 Å². The first-order valence-electron chi connectivity index (χ1n) is 6.91. The molecule has 2 atom stereocenters. The van der Waals surface area contributed by atoms with Crippen LogP contribution in [0.4, 0.5) is 4.79 Å². The SMILES string of the molecule is Cc1ccc(CC(C)NC(=O)N2CCOC(C(=O)O)C2)s1. The fraction of sp³-hybridized carbons (Fsp3) is 0.571. The zero-order valence-electron chi connectivity index (χ0n) is 12.2. The Labute approximate surface area is 127 Å². The zero-order valence-corrected chi connectivity index (χ0v) is 13.0. The molecule has 1 fully saturated rings. The molecule has 2 heterocycles. The summed E-state index contributed by atoms with van der Waals surface area (Å²) in [6, 6.07) is 3.90. The fourth-order valence-electron chi connectivity index (χ4n) is 2.23. The summed E-state index contributed by atoms with van der Waals surface area (Å²) in [5.74, 6) is -1.03. The first-order valence-corrected chi connectivity index (χ1v) is 7.72. The molecule has 0 radical (unpaired) electrons. The van der Waals surface area contributed by atoms with E-state index in [4.69, 9.17) is 9.84 Å². The molecule has 116 valence electrons. The van der Waals surface area contributed by atoms with Crippen LogP contribution in [0.2, 0.25) is 0 Å². The van der Waals surface area contributed by atoms with Crippen molar-refractivity contribution in [3.05, 3.63) is 21.9 Å². The Balaban J connectivity index is 1.84. The number of aryl methyl sites for hydroxylation is 1. The summed E-state index contributed by atoms with van der Waals surface area (Å²) in [7, 11) is 0. The van der Waals surface area contributed by atoms with Gasteiger partial charge >= 0.3 is 12.0 Å². The quantitative estimate of drug-likeness (QED) is 0.883. The molecule has 6 nitrogen and oxygen atoms in total. The molecule has 21 heavy (non-hydrogen) atoms. The van der Waals surface area contributed by atoms with E-state index < -0.39 is 12.1 Å². The number of hydrogen-bond donors (Lipinski definition) is 2. The van der Waals surface area contributed by atoms with Gasteiger partial charge in [0.1, 0.15) is 0 Å². The second kappa shape index (κ2) is 6.91. The average molecular weight is 312 g/mol. The third kappa shape index (κ3) is 4.44. The van der Waals surface area contributed by atoms with Crippen LogP contribution in [0.25, 0.3) is 0 Å². The summed E-state index contributed by atoms with van der Waals surface area (Å²) in [5, 5.41) is 11.8. The van der Waals surface area contributed by atoms with Crippen molar-refractivity contribution in [2.45, 2.75) is 32.4 Å². The highest BCUT2D eigenvalue weighted by Gasteiger charge is 2.29. The topological polar surface area (TPSA) is 78.9 Å². The van der Waals surface area contributed by atoms with Crippen LogP contribution < -0.4 is 5.32 Å². The van der Waals surface area contributed by atoms with Gasteiger partial charge in [0.05, 0.1) is 13.2 Å². The second-order valence-corrected chi connectivity index (χ2v) is 6.58. The van der Waals surface area contributed by atoms with Crippen molar-refractivity contribution in [1.82, 2.24) is 10.2 Å². The van der Waals surface area contributed by atoms with Gasteiger partial charge in [-0.25, -0.2) is 9.59 Å². The maximum absolute atomic E-state index is 12.1. The number of carboxylic acids is 1. The summed E-state index contributed by atoms with van der Waals surface area (Å²) in [6.45, 7) is 4.76. The van der Waals surface area contributed by atoms with E-state index in [9.17, 15) is 9.59 Å². The first kappa shape index (κ1) is 15.8. The van der Waals surface area contributed by atoms with Crippen LogP contribution in [0.1, 0.15) is 16.7 Å². The van der Waals surface area contributed by atoms with Gasteiger partial charge in [0.15, 0.2) is 6.10 Å². The van der Waals surface area contributed by atoms with E-state index in [1.807, 2.05) is 6.92 Å². The predicted molar refractivity (Wildman–Crippen MR) is 79.7 cm³/mol. The Morgan fingerprint density at radius 1 is 1.57 bits per heavy atom. The van der Waals surface area contributed by atoms with E-state index in [1.54, 1.807) is 11.3 Å². The lowest BCUT2D eigenvalue weighted by Crippen LogP contribution is -2.53.